The van der Waals surface area contributed by atoms with Crippen molar-refractivity contribution in [3.8, 4) is 0 Å². The van der Waals surface area contributed by atoms with Crippen molar-refractivity contribution < 1.29 is 4.79 Å². The van der Waals surface area contributed by atoms with Gasteiger partial charge in [-0.15, -0.1) is 0 Å². The second-order valence-electron chi connectivity index (χ2n) is 5.15. The monoisotopic (exact) mass is 264 g/mol. The van der Waals surface area contributed by atoms with Crippen molar-refractivity contribution in [2.45, 2.75) is 58.2 Å². The Kier molecular flexibility index (Phi) is 5.39. The summed E-state index contributed by atoms with van der Waals surface area (Å²) in [6.07, 6.45) is 9.65. The van der Waals surface area contributed by atoms with Crippen LogP contribution in [0, 0.1) is 0 Å². The maximum absolute atomic E-state index is 12.0. The molecule has 1 aliphatic rings. The maximum Gasteiger partial charge on any atom is 0.240 e. The Hall–Kier alpha value is -1.36. The van der Waals surface area contributed by atoms with E-state index < -0.39 is 0 Å². The summed E-state index contributed by atoms with van der Waals surface area (Å²) in [6, 6.07) is 0.377. The van der Waals surface area contributed by atoms with Crippen LogP contribution in [0.1, 0.15) is 44.9 Å². The van der Waals surface area contributed by atoms with Crippen LogP contribution < -0.4 is 10.6 Å². The molecule has 0 spiro atoms. The van der Waals surface area contributed by atoms with Gasteiger partial charge in [0.25, 0.3) is 0 Å². The van der Waals surface area contributed by atoms with Gasteiger partial charge in [-0.2, -0.15) is 0 Å². The summed E-state index contributed by atoms with van der Waals surface area (Å²) in [5.41, 5.74) is 0. The van der Waals surface area contributed by atoms with Crippen molar-refractivity contribution in [2.24, 2.45) is 0 Å². The molecule has 0 radical (unpaired) electrons. The van der Waals surface area contributed by atoms with Gasteiger partial charge in [-0.25, -0.2) is 4.98 Å². The largest absolute Gasteiger partial charge is 0.352 e. The zero-order valence-corrected chi connectivity index (χ0v) is 11.7. The van der Waals surface area contributed by atoms with E-state index in [0.717, 1.165) is 25.2 Å². The first kappa shape index (κ1) is 14.1. The molecule has 0 aliphatic heterocycles. The van der Waals surface area contributed by atoms with Crippen molar-refractivity contribution in [3.63, 3.8) is 0 Å². The van der Waals surface area contributed by atoms with Crippen molar-refractivity contribution in [1.82, 2.24) is 20.2 Å². The van der Waals surface area contributed by atoms with Gasteiger partial charge in [0, 0.05) is 18.4 Å². The zero-order chi connectivity index (χ0) is 13.5. The number of nitrogens with zero attached hydrogens (tertiary/aromatic N) is 2. The third-order valence-electron chi connectivity index (χ3n) is 3.62. The van der Waals surface area contributed by atoms with E-state index in [4.69, 9.17) is 0 Å². The molecule has 1 aliphatic carbocycles. The second-order valence-corrected chi connectivity index (χ2v) is 5.15. The minimum atomic E-state index is 0.0997. The molecule has 106 valence electrons. The van der Waals surface area contributed by atoms with Gasteiger partial charge in [-0.3, -0.25) is 4.79 Å². The Labute approximate surface area is 114 Å². The first-order chi connectivity index (χ1) is 9.29. The standard InChI is InChI=1S/C14H24N4O/c1-2-15-10-13-16-8-9-18(13)11-14(19)17-12-6-4-3-5-7-12/h8-9,12,15H,2-7,10-11H2,1H3,(H,17,19). The first-order valence-electron chi connectivity index (χ1n) is 7.29. The third-order valence-corrected chi connectivity index (χ3v) is 3.62. The molecule has 1 amide bonds. The fourth-order valence-corrected chi connectivity index (χ4v) is 2.56. The summed E-state index contributed by atoms with van der Waals surface area (Å²) >= 11 is 0. The molecule has 2 N–H and O–H groups in total. The van der Waals surface area contributed by atoms with E-state index in [1.54, 1.807) is 6.20 Å². The second kappa shape index (κ2) is 7.28. The van der Waals surface area contributed by atoms with Gasteiger partial charge in [-0.05, 0) is 19.4 Å². The van der Waals surface area contributed by atoms with Crippen LogP contribution in [0.5, 0.6) is 0 Å². The van der Waals surface area contributed by atoms with E-state index in [1.807, 2.05) is 10.8 Å². The molecular weight excluding hydrogens is 240 g/mol. The van der Waals surface area contributed by atoms with Gasteiger partial charge in [0.15, 0.2) is 0 Å². The van der Waals surface area contributed by atoms with Crippen LogP contribution in [0.2, 0.25) is 0 Å². The Morgan fingerprint density at radius 3 is 2.95 bits per heavy atom. The number of rotatable bonds is 6. The molecule has 1 fully saturated rings. The van der Waals surface area contributed by atoms with Crippen LogP contribution in [-0.2, 0) is 17.9 Å². The molecule has 1 heterocycles. The molecular formula is C14H24N4O. The van der Waals surface area contributed by atoms with E-state index in [2.05, 4.69) is 22.5 Å². The number of imidazole rings is 1. The summed E-state index contributed by atoms with van der Waals surface area (Å²) in [5, 5.41) is 6.36. The van der Waals surface area contributed by atoms with Crippen LogP contribution in [0.4, 0.5) is 0 Å². The lowest BCUT2D eigenvalue weighted by molar-refractivity contribution is -0.122. The summed E-state index contributed by atoms with van der Waals surface area (Å²) in [7, 11) is 0. The number of aromatic nitrogens is 2. The number of carbonyl (C=O) groups excluding carboxylic acids is 1. The van der Waals surface area contributed by atoms with Crippen LogP contribution in [0.3, 0.4) is 0 Å². The molecule has 0 bridgehead atoms. The lowest BCUT2D eigenvalue weighted by atomic mass is 9.95. The molecule has 0 saturated heterocycles. The minimum Gasteiger partial charge on any atom is -0.352 e. The predicted molar refractivity (Wildman–Crippen MR) is 74.6 cm³/mol. The van der Waals surface area contributed by atoms with E-state index in [1.165, 1.54) is 19.3 Å². The van der Waals surface area contributed by atoms with Gasteiger partial charge >= 0.3 is 0 Å². The van der Waals surface area contributed by atoms with Crippen LogP contribution in [-0.4, -0.2) is 28.0 Å². The Morgan fingerprint density at radius 2 is 2.21 bits per heavy atom. The molecule has 1 saturated carbocycles. The molecule has 5 heteroatoms. The van der Waals surface area contributed by atoms with E-state index >= 15 is 0 Å². The Balaban J connectivity index is 1.82. The molecule has 0 atom stereocenters. The molecule has 0 unspecified atom stereocenters. The molecule has 19 heavy (non-hydrogen) atoms. The van der Waals surface area contributed by atoms with Crippen LogP contribution in [0.15, 0.2) is 12.4 Å². The van der Waals surface area contributed by atoms with E-state index in [-0.39, 0.29) is 5.91 Å². The number of hydrogen-bond acceptors (Lipinski definition) is 3. The van der Waals surface area contributed by atoms with Crippen molar-refractivity contribution >= 4 is 5.91 Å². The highest BCUT2D eigenvalue weighted by Gasteiger charge is 2.16. The van der Waals surface area contributed by atoms with Crippen LogP contribution in [0.25, 0.3) is 0 Å². The first-order valence-corrected chi connectivity index (χ1v) is 7.29. The average molecular weight is 264 g/mol. The molecule has 0 aromatic carbocycles. The highest BCUT2D eigenvalue weighted by molar-refractivity contribution is 5.76. The van der Waals surface area contributed by atoms with E-state index in [0.29, 0.717) is 19.1 Å². The summed E-state index contributed by atoms with van der Waals surface area (Å²) < 4.78 is 1.92. The van der Waals surface area contributed by atoms with Gasteiger partial charge in [0.05, 0.1) is 6.54 Å². The lowest BCUT2D eigenvalue weighted by Gasteiger charge is -2.23. The molecule has 1 aromatic rings. The fraction of sp³-hybridized carbons (Fsp3) is 0.714. The van der Waals surface area contributed by atoms with Crippen molar-refractivity contribution in [2.75, 3.05) is 6.54 Å². The zero-order valence-electron chi connectivity index (χ0n) is 11.7. The van der Waals surface area contributed by atoms with E-state index in [9.17, 15) is 4.79 Å². The highest BCUT2D eigenvalue weighted by atomic mass is 16.2. The SMILES string of the molecule is CCNCc1nccn1CC(=O)NC1CCCCC1. The minimum absolute atomic E-state index is 0.0997. The molecule has 5 nitrogen and oxygen atoms in total. The molecule has 2 rings (SSSR count). The lowest BCUT2D eigenvalue weighted by Crippen LogP contribution is -2.38. The molecule has 1 aromatic heterocycles. The third kappa shape index (κ3) is 4.35. The summed E-state index contributed by atoms with van der Waals surface area (Å²) in [4.78, 5) is 16.3. The quantitative estimate of drug-likeness (QED) is 0.817. The van der Waals surface area contributed by atoms with Gasteiger partial charge in [0.1, 0.15) is 12.4 Å². The summed E-state index contributed by atoms with van der Waals surface area (Å²) in [5.74, 6) is 1.02. The maximum atomic E-state index is 12.0. The average Bonchev–Trinajstić information content (AvgIpc) is 2.84. The number of amides is 1. The van der Waals surface area contributed by atoms with Crippen molar-refractivity contribution in [1.29, 1.82) is 0 Å². The normalized spacial score (nSPS) is 16.5. The number of nitrogens with one attached hydrogen (secondary N) is 2. The topological polar surface area (TPSA) is 59.0 Å². The fourth-order valence-electron chi connectivity index (χ4n) is 2.56. The van der Waals surface area contributed by atoms with Gasteiger partial charge in [-0.1, -0.05) is 26.2 Å². The Bertz CT molecular complexity index is 396. The smallest absolute Gasteiger partial charge is 0.240 e. The predicted octanol–water partition coefficient (Wildman–Crippen LogP) is 1.44. The van der Waals surface area contributed by atoms with Crippen molar-refractivity contribution in [3.05, 3.63) is 18.2 Å². The van der Waals surface area contributed by atoms with Gasteiger partial charge in [0.2, 0.25) is 5.91 Å². The van der Waals surface area contributed by atoms with Crippen LogP contribution >= 0.6 is 0 Å². The number of hydrogen-bond donors (Lipinski definition) is 2. The number of carbonyl (C=O) groups is 1. The summed E-state index contributed by atoms with van der Waals surface area (Å²) in [6.45, 7) is 4.04. The Morgan fingerprint density at radius 1 is 1.42 bits per heavy atom. The van der Waals surface area contributed by atoms with Gasteiger partial charge < -0.3 is 15.2 Å². The highest BCUT2D eigenvalue weighted by Crippen LogP contribution is 2.17.